The van der Waals surface area contributed by atoms with Gasteiger partial charge in [0.1, 0.15) is 0 Å². The summed E-state index contributed by atoms with van der Waals surface area (Å²) in [5.41, 5.74) is 0. The SMILES string of the molecule is CN(CCCO)CCCO.[C-]#[N+]CCCCCN(CCO)CCCCCC#N.[C-]#[N+]CCCCN(C)CCCCCC#N. The molecule has 0 rings (SSSR count). The van der Waals surface area contributed by atoms with Crippen LogP contribution in [-0.2, 0) is 0 Å². The molecule has 0 bridgehead atoms. The van der Waals surface area contributed by atoms with E-state index in [4.69, 9.17) is 39.0 Å². The highest BCUT2D eigenvalue weighted by molar-refractivity contribution is 4.69. The van der Waals surface area contributed by atoms with Crippen molar-refractivity contribution in [2.75, 3.05) is 92.8 Å². The Hall–Kier alpha value is -2.28. The quantitative estimate of drug-likeness (QED) is 0.0897. The van der Waals surface area contributed by atoms with E-state index in [1.807, 2.05) is 7.05 Å². The summed E-state index contributed by atoms with van der Waals surface area (Å²) < 4.78 is 0. The molecular formula is C33H63N7O3. The van der Waals surface area contributed by atoms with Crippen molar-refractivity contribution in [3.05, 3.63) is 22.8 Å². The van der Waals surface area contributed by atoms with Crippen LogP contribution in [-0.4, -0.2) is 123 Å². The third-order valence-electron chi connectivity index (χ3n) is 6.71. The van der Waals surface area contributed by atoms with E-state index in [1.54, 1.807) is 0 Å². The largest absolute Gasteiger partial charge is 0.396 e. The Bertz CT molecular complexity index is 681. The number of aliphatic hydroxyl groups excluding tert-OH is 3. The van der Waals surface area contributed by atoms with Gasteiger partial charge in [-0.3, -0.25) is 0 Å². The van der Waals surface area contributed by atoms with Crippen molar-refractivity contribution in [1.82, 2.24) is 14.7 Å². The number of hydrogen-bond acceptors (Lipinski definition) is 8. The van der Waals surface area contributed by atoms with Crippen LogP contribution >= 0.6 is 0 Å². The third kappa shape index (κ3) is 44.3. The van der Waals surface area contributed by atoms with E-state index in [-0.39, 0.29) is 19.8 Å². The molecule has 3 N–H and O–H groups in total. The number of unbranched alkanes of at least 4 members (excludes halogenated alkanes) is 9. The van der Waals surface area contributed by atoms with Crippen molar-refractivity contribution in [2.45, 2.75) is 96.3 Å². The van der Waals surface area contributed by atoms with E-state index in [0.717, 1.165) is 123 Å². The van der Waals surface area contributed by atoms with Gasteiger partial charge < -0.3 is 39.7 Å². The number of nitrogens with zero attached hydrogens (tertiary/aromatic N) is 7. The molecule has 0 aliphatic heterocycles. The maximum absolute atomic E-state index is 8.99. The lowest BCUT2D eigenvalue weighted by molar-refractivity contribution is 0.190. The average Bonchev–Trinajstić information content (AvgIpc) is 3.01. The van der Waals surface area contributed by atoms with Gasteiger partial charge in [-0.1, -0.05) is 12.8 Å². The summed E-state index contributed by atoms with van der Waals surface area (Å²) in [7, 11) is 4.12. The lowest BCUT2D eigenvalue weighted by atomic mass is 10.2. The minimum absolute atomic E-state index is 0.209. The van der Waals surface area contributed by atoms with E-state index >= 15 is 0 Å². The summed E-state index contributed by atoms with van der Waals surface area (Å²) >= 11 is 0. The number of hydrogen-bond donors (Lipinski definition) is 3. The number of nitriles is 2. The van der Waals surface area contributed by atoms with Crippen LogP contribution in [0.25, 0.3) is 9.69 Å². The first-order chi connectivity index (χ1) is 21.0. The van der Waals surface area contributed by atoms with Crippen LogP contribution < -0.4 is 0 Å². The standard InChI is InChI=1S/C14H25N3O.C12H21N3.C7H17NO2/c1-16-10-6-4-8-12-17(13-14-18)11-7-3-2-5-9-15;1-14-10-6-8-12-15(2)11-7-4-3-5-9-13;1-8(4-2-6-9)5-3-7-10/h18H,2-8,10-14H2;3-8,10-12H2,2H3;9-10H,2-7H2,1H3. The molecule has 10 heteroatoms. The van der Waals surface area contributed by atoms with Gasteiger partial charge in [-0.25, -0.2) is 13.1 Å². The highest BCUT2D eigenvalue weighted by Crippen LogP contribution is 2.04. The fourth-order valence-electron chi connectivity index (χ4n) is 4.14. The first-order valence-corrected chi connectivity index (χ1v) is 16.3. The molecule has 0 aromatic heterocycles. The zero-order valence-corrected chi connectivity index (χ0v) is 27.6. The van der Waals surface area contributed by atoms with E-state index < -0.39 is 0 Å². The van der Waals surface area contributed by atoms with Crippen LogP contribution in [0, 0.1) is 35.8 Å². The molecule has 0 unspecified atom stereocenters. The number of aliphatic hydroxyl groups is 3. The smallest absolute Gasteiger partial charge is 0.214 e. The molecule has 0 atom stereocenters. The fraction of sp³-hybridized carbons (Fsp3) is 0.879. The molecule has 0 aromatic carbocycles. The Morgan fingerprint density at radius 3 is 1.26 bits per heavy atom. The molecule has 0 aromatic rings. The molecule has 10 nitrogen and oxygen atoms in total. The summed E-state index contributed by atoms with van der Waals surface area (Å²) in [6.07, 6.45) is 14.8. The second kappa shape index (κ2) is 41.9. The van der Waals surface area contributed by atoms with Crippen LogP contribution in [0.2, 0.25) is 0 Å². The summed E-state index contributed by atoms with van der Waals surface area (Å²) in [6.45, 7) is 22.1. The molecule has 43 heavy (non-hydrogen) atoms. The van der Waals surface area contributed by atoms with Gasteiger partial charge in [0.05, 0.1) is 18.7 Å². The Labute approximate surface area is 264 Å². The van der Waals surface area contributed by atoms with E-state index in [2.05, 4.69) is 43.6 Å². The summed E-state index contributed by atoms with van der Waals surface area (Å²) in [4.78, 5) is 13.4. The second-order valence-corrected chi connectivity index (χ2v) is 10.8. The molecule has 0 saturated carbocycles. The first-order valence-electron chi connectivity index (χ1n) is 16.3. The number of rotatable bonds is 27. The maximum Gasteiger partial charge on any atom is 0.214 e. The minimum atomic E-state index is 0.209. The van der Waals surface area contributed by atoms with Crippen LogP contribution in [0.4, 0.5) is 0 Å². The molecule has 0 saturated heterocycles. The van der Waals surface area contributed by atoms with Gasteiger partial charge in [0.25, 0.3) is 0 Å². The van der Waals surface area contributed by atoms with Crippen molar-refractivity contribution < 1.29 is 15.3 Å². The van der Waals surface area contributed by atoms with E-state index in [9.17, 15) is 0 Å². The van der Waals surface area contributed by atoms with E-state index in [1.165, 1.54) is 6.42 Å². The monoisotopic (exact) mass is 605 g/mol. The maximum atomic E-state index is 8.99. The molecule has 0 heterocycles. The van der Waals surface area contributed by atoms with Gasteiger partial charge in [0.2, 0.25) is 13.1 Å². The van der Waals surface area contributed by atoms with Crippen LogP contribution in [0.15, 0.2) is 0 Å². The molecule has 248 valence electrons. The van der Waals surface area contributed by atoms with Crippen molar-refractivity contribution in [1.29, 1.82) is 10.5 Å². The van der Waals surface area contributed by atoms with E-state index in [0.29, 0.717) is 25.9 Å². The summed E-state index contributed by atoms with van der Waals surface area (Å²) in [5.74, 6) is 0. The van der Waals surface area contributed by atoms with Crippen molar-refractivity contribution in [2.24, 2.45) is 0 Å². The summed E-state index contributed by atoms with van der Waals surface area (Å²) in [5, 5.41) is 42.7. The fourth-order valence-corrected chi connectivity index (χ4v) is 4.14. The Morgan fingerprint density at radius 2 is 0.860 bits per heavy atom. The molecular weight excluding hydrogens is 542 g/mol. The molecule has 0 fully saturated rings. The van der Waals surface area contributed by atoms with Crippen molar-refractivity contribution in [3.8, 4) is 12.1 Å². The van der Waals surface area contributed by atoms with Gasteiger partial charge in [0.15, 0.2) is 0 Å². The Balaban J connectivity index is -0.000000581. The van der Waals surface area contributed by atoms with Crippen LogP contribution in [0.5, 0.6) is 0 Å². The molecule has 0 aliphatic rings. The predicted molar refractivity (Wildman–Crippen MR) is 176 cm³/mol. The van der Waals surface area contributed by atoms with Gasteiger partial charge in [-0.05, 0) is 98.1 Å². The Kier molecular flexibility index (Phi) is 43.9. The topological polar surface area (TPSA) is 127 Å². The van der Waals surface area contributed by atoms with Crippen molar-refractivity contribution >= 4 is 0 Å². The molecule has 0 aliphatic carbocycles. The minimum Gasteiger partial charge on any atom is -0.396 e. The molecule has 0 amide bonds. The second-order valence-electron chi connectivity index (χ2n) is 10.8. The van der Waals surface area contributed by atoms with Gasteiger partial charge in [0, 0.05) is 58.5 Å². The molecule has 0 spiro atoms. The van der Waals surface area contributed by atoms with Crippen LogP contribution in [0.3, 0.4) is 0 Å². The molecule has 0 radical (unpaired) electrons. The first kappa shape index (κ1) is 45.2. The zero-order chi connectivity index (χ0) is 32.7. The van der Waals surface area contributed by atoms with Gasteiger partial charge in [-0.15, -0.1) is 0 Å². The predicted octanol–water partition coefficient (Wildman–Crippen LogP) is 4.84. The van der Waals surface area contributed by atoms with Gasteiger partial charge in [-0.2, -0.15) is 10.5 Å². The van der Waals surface area contributed by atoms with Crippen LogP contribution in [0.1, 0.15) is 96.3 Å². The Morgan fingerprint density at radius 1 is 0.488 bits per heavy atom. The third-order valence-corrected chi connectivity index (χ3v) is 6.71. The highest BCUT2D eigenvalue weighted by atomic mass is 16.3. The van der Waals surface area contributed by atoms with Crippen molar-refractivity contribution in [3.63, 3.8) is 0 Å². The highest BCUT2D eigenvalue weighted by Gasteiger charge is 2.04. The van der Waals surface area contributed by atoms with Gasteiger partial charge >= 0.3 is 0 Å². The summed E-state index contributed by atoms with van der Waals surface area (Å²) in [6, 6.07) is 4.32. The normalized spacial score (nSPS) is 10.2. The zero-order valence-electron chi connectivity index (χ0n) is 27.6. The lowest BCUT2D eigenvalue weighted by Crippen LogP contribution is -2.29. The lowest BCUT2D eigenvalue weighted by Gasteiger charge is -2.20. The average molecular weight is 606 g/mol.